The van der Waals surface area contributed by atoms with Gasteiger partial charge in [0.1, 0.15) is 0 Å². The minimum Gasteiger partial charge on any atom is -0.397 e. The average Bonchev–Trinajstić information content (AvgIpc) is 2.07. The predicted octanol–water partition coefficient (Wildman–Crippen LogP) is 0.0876. The molecule has 0 heterocycles. The van der Waals surface area contributed by atoms with E-state index < -0.39 is 18.6 Å². The lowest BCUT2D eigenvalue weighted by molar-refractivity contribution is 0.258. The van der Waals surface area contributed by atoms with Crippen LogP contribution in [0.3, 0.4) is 0 Å². The van der Waals surface area contributed by atoms with Crippen LogP contribution in [0.5, 0.6) is 0 Å². The van der Waals surface area contributed by atoms with E-state index in [0.29, 0.717) is 0 Å². The molecule has 6 heteroatoms. The fraction of sp³-hybridized carbons (Fsp3) is 1.00. The summed E-state index contributed by atoms with van der Waals surface area (Å²) in [6, 6.07) is 0. The van der Waals surface area contributed by atoms with Crippen LogP contribution in [-0.4, -0.2) is 47.0 Å². The van der Waals surface area contributed by atoms with Gasteiger partial charge >= 0.3 is 18.6 Å². The van der Waals surface area contributed by atoms with Gasteiger partial charge in [-0.1, -0.05) is 0 Å². The highest BCUT2D eigenvalue weighted by Crippen LogP contribution is 2.00. The van der Waals surface area contributed by atoms with E-state index in [4.69, 9.17) is 17.7 Å². The Kier molecular flexibility index (Phi) is 7.12. The lowest BCUT2D eigenvalue weighted by Gasteiger charge is -2.12. The molecule has 0 unspecified atom stereocenters. The molecule has 0 saturated heterocycles. The van der Waals surface area contributed by atoms with Gasteiger partial charge in [-0.15, -0.1) is 0 Å². The topological polar surface area (TPSA) is 36.9 Å². The zero-order valence-electron chi connectivity index (χ0n) is 7.34. The molecule has 0 aliphatic rings. The Labute approximate surface area is 71.1 Å². The molecule has 0 aromatic carbocycles. The molecule has 66 valence electrons. The molecule has 0 amide bonds. The molecule has 0 atom stereocenters. The first-order valence-corrected chi connectivity index (χ1v) is 6.20. The molecule has 2 radical (unpaired) electrons. The highest BCUT2D eigenvalue weighted by atomic mass is 28.4. The van der Waals surface area contributed by atoms with Gasteiger partial charge in [-0.2, -0.15) is 0 Å². The van der Waals surface area contributed by atoms with Crippen LogP contribution in [0, 0.1) is 0 Å². The fourth-order valence-corrected chi connectivity index (χ4v) is 4.16. The molecule has 0 bridgehead atoms. The molecule has 0 saturated carbocycles. The quantitative estimate of drug-likeness (QED) is 0.562. The van der Waals surface area contributed by atoms with Gasteiger partial charge in [0.2, 0.25) is 0 Å². The third-order valence-corrected chi connectivity index (χ3v) is 5.33. The minimum absolute atomic E-state index is 0.773. The minimum atomic E-state index is -1.15. The number of rotatable bonds is 6. The first-order valence-electron chi connectivity index (χ1n) is 3.16. The highest BCUT2D eigenvalue weighted by molar-refractivity contribution is 6.64. The number of hydrogen-bond donors (Lipinski definition) is 0. The van der Waals surface area contributed by atoms with Crippen molar-refractivity contribution in [3.63, 3.8) is 0 Å². The van der Waals surface area contributed by atoms with Gasteiger partial charge < -0.3 is 17.7 Å². The van der Waals surface area contributed by atoms with E-state index in [1.54, 1.807) is 28.4 Å². The van der Waals surface area contributed by atoms with Crippen LogP contribution < -0.4 is 0 Å². The van der Waals surface area contributed by atoms with Crippen LogP contribution in [0.1, 0.15) is 0 Å². The van der Waals surface area contributed by atoms with Crippen molar-refractivity contribution in [2.75, 3.05) is 28.4 Å². The van der Waals surface area contributed by atoms with E-state index in [9.17, 15) is 0 Å². The Hall–Kier alpha value is 0.274. The van der Waals surface area contributed by atoms with E-state index in [-0.39, 0.29) is 0 Å². The van der Waals surface area contributed by atoms with Crippen molar-refractivity contribution in [2.24, 2.45) is 0 Å². The first kappa shape index (κ1) is 11.3. The van der Waals surface area contributed by atoms with Crippen LogP contribution in [0.25, 0.3) is 0 Å². The molecule has 11 heavy (non-hydrogen) atoms. The second-order valence-corrected chi connectivity index (χ2v) is 6.27. The average molecular weight is 194 g/mol. The second kappa shape index (κ2) is 6.95. The Morgan fingerprint density at radius 3 is 1.18 bits per heavy atom. The first-order chi connectivity index (χ1) is 5.28. The number of hydrogen-bond acceptors (Lipinski definition) is 4. The van der Waals surface area contributed by atoms with Crippen molar-refractivity contribution < 1.29 is 17.7 Å². The lowest BCUT2D eigenvalue weighted by atomic mass is 11.8. The summed E-state index contributed by atoms with van der Waals surface area (Å²) in [6.07, 6.45) is 0. The van der Waals surface area contributed by atoms with Crippen molar-refractivity contribution in [3.05, 3.63) is 0 Å². The van der Waals surface area contributed by atoms with Gasteiger partial charge in [-0.3, -0.25) is 0 Å². The summed E-state index contributed by atoms with van der Waals surface area (Å²) in [5.41, 5.74) is 0.773. The third kappa shape index (κ3) is 4.67. The van der Waals surface area contributed by atoms with Crippen LogP contribution in [0.15, 0.2) is 0 Å². The molecule has 4 nitrogen and oxygen atoms in total. The standard InChI is InChI=1S/C5H14O4Si2/c1-6-10(7-2)5-11(8-3)9-4/h5H2,1-4H3. The van der Waals surface area contributed by atoms with Crippen molar-refractivity contribution in [1.82, 2.24) is 0 Å². The summed E-state index contributed by atoms with van der Waals surface area (Å²) in [7, 11) is 4.26. The monoisotopic (exact) mass is 194 g/mol. The Morgan fingerprint density at radius 1 is 0.727 bits per heavy atom. The normalized spacial score (nSPS) is 11.5. The van der Waals surface area contributed by atoms with Crippen LogP contribution in [0.2, 0.25) is 5.67 Å². The Bertz CT molecular complexity index is 74.6. The molecule has 0 aromatic rings. The summed E-state index contributed by atoms with van der Waals surface area (Å²) < 4.78 is 20.3. The summed E-state index contributed by atoms with van der Waals surface area (Å²) in [4.78, 5) is 0. The van der Waals surface area contributed by atoms with Crippen LogP contribution in [0.4, 0.5) is 0 Å². The molecule has 0 fully saturated rings. The zero-order valence-corrected chi connectivity index (χ0v) is 9.34. The summed E-state index contributed by atoms with van der Waals surface area (Å²) in [5.74, 6) is 0. The van der Waals surface area contributed by atoms with Gasteiger partial charge in [0, 0.05) is 34.1 Å². The van der Waals surface area contributed by atoms with E-state index in [1.807, 2.05) is 0 Å². The third-order valence-electron chi connectivity index (χ3n) is 1.20. The molecule has 0 spiro atoms. The van der Waals surface area contributed by atoms with Crippen LogP contribution in [-0.2, 0) is 17.7 Å². The van der Waals surface area contributed by atoms with Gasteiger partial charge in [0.15, 0.2) is 0 Å². The summed E-state index contributed by atoms with van der Waals surface area (Å²) >= 11 is 0. The summed E-state index contributed by atoms with van der Waals surface area (Å²) in [5, 5.41) is 0. The van der Waals surface area contributed by atoms with Crippen molar-refractivity contribution in [1.29, 1.82) is 0 Å². The van der Waals surface area contributed by atoms with Crippen molar-refractivity contribution in [2.45, 2.75) is 5.67 Å². The highest BCUT2D eigenvalue weighted by Gasteiger charge is 2.23. The van der Waals surface area contributed by atoms with E-state index in [1.165, 1.54) is 0 Å². The maximum absolute atomic E-state index is 5.08. The zero-order chi connectivity index (χ0) is 8.69. The molecule has 0 aliphatic heterocycles. The maximum atomic E-state index is 5.08. The molecule has 0 aromatic heterocycles. The SMILES string of the molecule is CO[Si](C[Si](OC)OC)OC. The maximum Gasteiger partial charge on any atom is 0.385 e. The van der Waals surface area contributed by atoms with E-state index >= 15 is 0 Å². The summed E-state index contributed by atoms with van der Waals surface area (Å²) in [6.45, 7) is 0. The Balaban J connectivity index is 3.58. The molecule has 0 rings (SSSR count). The molecular formula is C5H14O4Si2. The second-order valence-electron chi connectivity index (χ2n) is 1.74. The largest absolute Gasteiger partial charge is 0.397 e. The smallest absolute Gasteiger partial charge is 0.385 e. The van der Waals surface area contributed by atoms with Gasteiger partial charge in [-0.05, 0) is 0 Å². The van der Waals surface area contributed by atoms with E-state index in [2.05, 4.69) is 0 Å². The predicted molar refractivity (Wildman–Crippen MR) is 44.4 cm³/mol. The van der Waals surface area contributed by atoms with E-state index in [0.717, 1.165) is 5.67 Å². The lowest BCUT2D eigenvalue weighted by Crippen LogP contribution is -2.31. The van der Waals surface area contributed by atoms with Gasteiger partial charge in [-0.25, -0.2) is 0 Å². The van der Waals surface area contributed by atoms with Gasteiger partial charge in [0.05, 0.1) is 0 Å². The molecule has 0 N–H and O–H groups in total. The van der Waals surface area contributed by atoms with Crippen molar-refractivity contribution >= 4 is 18.6 Å². The Morgan fingerprint density at radius 2 is 1.00 bits per heavy atom. The fourth-order valence-electron chi connectivity index (χ4n) is 0.573. The molecular weight excluding hydrogens is 180 g/mol. The van der Waals surface area contributed by atoms with Gasteiger partial charge in [0.25, 0.3) is 0 Å². The van der Waals surface area contributed by atoms with Crippen molar-refractivity contribution in [3.8, 4) is 0 Å². The molecule has 0 aliphatic carbocycles. The van der Waals surface area contributed by atoms with Crippen LogP contribution >= 0.6 is 0 Å².